The van der Waals surface area contributed by atoms with Crippen LogP contribution in [0.1, 0.15) is 24.5 Å². The number of hydrogen-bond donors (Lipinski definition) is 1. The zero-order chi connectivity index (χ0) is 13.6. The summed E-state index contributed by atoms with van der Waals surface area (Å²) in [5, 5.41) is 0.635. The van der Waals surface area contributed by atoms with E-state index >= 15 is 0 Å². The molecule has 3 nitrogen and oxygen atoms in total. The van der Waals surface area contributed by atoms with Crippen LogP contribution in [-0.2, 0) is 0 Å². The normalized spacial score (nSPS) is 14.7. The molecule has 0 spiro atoms. The molecule has 0 bridgehead atoms. The van der Waals surface area contributed by atoms with Gasteiger partial charge in [0.2, 0.25) is 0 Å². The van der Waals surface area contributed by atoms with Gasteiger partial charge in [-0.2, -0.15) is 0 Å². The molecule has 0 atom stereocenters. The van der Waals surface area contributed by atoms with Gasteiger partial charge in [-0.25, -0.2) is 9.97 Å². The number of nitrogen functional groups attached to an aromatic ring is 1. The van der Waals surface area contributed by atoms with Crippen molar-refractivity contribution < 1.29 is 0 Å². The summed E-state index contributed by atoms with van der Waals surface area (Å²) in [6.45, 7) is 0. The molecule has 2 aromatic rings. The van der Waals surface area contributed by atoms with Gasteiger partial charge in [-0.3, -0.25) is 0 Å². The van der Waals surface area contributed by atoms with Crippen molar-refractivity contribution >= 4 is 49.3 Å². The standard InChI is InChI=1S/C13H10Br2ClN3/c14-8-4-3-7(5-9(8)16)13-18-11(6-1-2-6)10(15)12(17)19-13/h3-6H,1-2H2,(H2,17,18,19). The van der Waals surface area contributed by atoms with Crippen LogP contribution in [0.15, 0.2) is 27.1 Å². The fourth-order valence-corrected chi connectivity index (χ4v) is 2.80. The second-order valence-corrected chi connectivity index (χ2v) is 6.59. The minimum absolute atomic E-state index is 0.478. The Balaban J connectivity index is 2.11. The zero-order valence-electron chi connectivity index (χ0n) is 9.83. The summed E-state index contributed by atoms with van der Waals surface area (Å²) < 4.78 is 1.67. The van der Waals surface area contributed by atoms with Crippen LogP contribution in [0, 0.1) is 0 Å². The molecule has 0 unspecified atom stereocenters. The minimum Gasteiger partial charge on any atom is -0.383 e. The Bertz CT molecular complexity index is 657. The number of halogens is 3. The third-order valence-electron chi connectivity index (χ3n) is 3.04. The molecular weight excluding hydrogens is 393 g/mol. The van der Waals surface area contributed by atoms with Crippen LogP contribution >= 0.6 is 43.5 Å². The summed E-state index contributed by atoms with van der Waals surface area (Å²) in [4.78, 5) is 8.95. The molecule has 0 radical (unpaired) electrons. The first kappa shape index (κ1) is 13.3. The van der Waals surface area contributed by atoms with Gasteiger partial charge in [0.25, 0.3) is 0 Å². The highest BCUT2D eigenvalue weighted by Gasteiger charge is 2.29. The van der Waals surface area contributed by atoms with Gasteiger partial charge in [-0.15, -0.1) is 0 Å². The lowest BCUT2D eigenvalue weighted by molar-refractivity contribution is 0.984. The third-order valence-corrected chi connectivity index (χ3v) is 5.09. The van der Waals surface area contributed by atoms with Gasteiger partial charge >= 0.3 is 0 Å². The smallest absolute Gasteiger partial charge is 0.161 e. The van der Waals surface area contributed by atoms with Crippen LogP contribution in [0.5, 0.6) is 0 Å². The highest BCUT2D eigenvalue weighted by Crippen LogP contribution is 2.44. The Morgan fingerprint density at radius 1 is 1.21 bits per heavy atom. The largest absolute Gasteiger partial charge is 0.383 e. The number of hydrogen-bond acceptors (Lipinski definition) is 3. The average Bonchev–Trinajstić information content (AvgIpc) is 3.20. The second-order valence-electron chi connectivity index (χ2n) is 4.53. The first-order chi connectivity index (χ1) is 9.06. The van der Waals surface area contributed by atoms with E-state index in [4.69, 9.17) is 17.3 Å². The summed E-state index contributed by atoms with van der Waals surface area (Å²) in [5.41, 5.74) is 7.82. The third kappa shape index (κ3) is 2.64. The van der Waals surface area contributed by atoms with Gasteiger partial charge in [0.05, 0.1) is 15.2 Å². The van der Waals surface area contributed by atoms with E-state index in [2.05, 4.69) is 41.8 Å². The molecule has 0 amide bonds. The van der Waals surface area contributed by atoms with Gasteiger partial charge in [-0.05, 0) is 62.9 Å². The number of anilines is 1. The van der Waals surface area contributed by atoms with Crippen molar-refractivity contribution in [2.24, 2.45) is 0 Å². The van der Waals surface area contributed by atoms with Crippen molar-refractivity contribution in [2.45, 2.75) is 18.8 Å². The van der Waals surface area contributed by atoms with Crippen LogP contribution in [0.3, 0.4) is 0 Å². The Morgan fingerprint density at radius 2 is 1.95 bits per heavy atom. The fraction of sp³-hybridized carbons (Fsp3) is 0.231. The van der Waals surface area contributed by atoms with E-state index in [0.29, 0.717) is 22.6 Å². The SMILES string of the molecule is Nc1nc(-c2ccc(Br)c(Cl)c2)nc(C2CC2)c1Br. The fourth-order valence-electron chi connectivity index (χ4n) is 1.87. The molecule has 19 heavy (non-hydrogen) atoms. The second kappa shape index (κ2) is 5.04. The molecule has 1 aliphatic rings. The van der Waals surface area contributed by atoms with Gasteiger partial charge in [0.15, 0.2) is 5.82 Å². The van der Waals surface area contributed by atoms with E-state index in [9.17, 15) is 0 Å². The van der Waals surface area contributed by atoms with E-state index in [0.717, 1.165) is 33.0 Å². The molecule has 98 valence electrons. The average molecular weight is 404 g/mol. The summed E-state index contributed by atoms with van der Waals surface area (Å²) in [7, 11) is 0. The van der Waals surface area contributed by atoms with Gasteiger partial charge in [-0.1, -0.05) is 11.6 Å². The molecule has 1 fully saturated rings. The van der Waals surface area contributed by atoms with Crippen molar-refractivity contribution in [3.63, 3.8) is 0 Å². The molecule has 0 saturated heterocycles. The zero-order valence-corrected chi connectivity index (χ0v) is 13.8. The molecule has 1 saturated carbocycles. The highest BCUT2D eigenvalue weighted by molar-refractivity contribution is 9.11. The van der Waals surface area contributed by atoms with E-state index in [1.807, 2.05) is 18.2 Å². The molecule has 6 heteroatoms. The van der Waals surface area contributed by atoms with Crippen molar-refractivity contribution in [1.29, 1.82) is 0 Å². The summed E-state index contributed by atoms with van der Waals surface area (Å²) in [6.07, 6.45) is 2.32. The first-order valence-electron chi connectivity index (χ1n) is 5.84. The quantitative estimate of drug-likeness (QED) is 0.785. The van der Waals surface area contributed by atoms with Crippen LogP contribution in [0.2, 0.25) is 5.02 Å². The summed E-state index contributed by atoms with van der Waals surface area (Å²) >= 11 is 12.9. The molecular formula is C13H10Br2ClN3. The number of aromatic nitrogens is 2. The Morgan fingerprint density at radius 3 is 2.58 bits per heavy atom. The summed E-state index contributed by atoms with van der Waals surface area (Å²) in [6, 6.07) is 5.65. The molecule has 1 heterocycles. The van der Waals surface area contributed by atoms with E-state index in [1.54, 1.807) is 0 Å². The lowest BCUT2D eigenvalue weighted by Crippen LogP contribution is -2.02. The molecule has 0 aliphatic heterocycles. The Kier molecular flexibility index (Phi) is 3.53. The van der Waals surface area contributed by atoms with Crippen molar-refractivity contribution in [2.75, 3.05) is 5.73 Å². The number of nitrogens with zero attached hydrogens (tertiary/aromatic N) is 2. The van der Waals surface area contributed by atoms with Crippen molar-refractivity contribution in [1.82, 2.24) is 9.97 Å². The van der Waals surface area contributed by atoms with Crippen LogP contribution in [0.4, 0.5) is 5.82 Å². The van der Waals surface area contributed by atoms with Crippen LogP contribution in [0.25, 0.3) is 11.4 Å². The number of benzene rings is 1. The van der Waals surface area contributed by atoms with Crippen LogP contribution < -0.4 is 5.73 Å². The lowest BCUT2D eigenvalue weighted by Gasteiger charge is -2.09. The maximum absolute atomic E-state index is 6.11. The van der Waals surface area contributed by atoms with Gasteiger partial charge in [0.1, 0.15) is 5.82 Å². The molecule has 1 aliphatic carbocycles. The van der Waals surface area contributed by atoms with E-state index in [1.165, 1.54) is 0 Å². The minimum atomic E-state index is 0.478. The van der Waals surface area contributed by atoms with E-state index in [-0.39, 0.29) is 0 Å². The monoisotopic (exact) mass is 401 g/mol. The maximum atomic E-state index is 6.11. The molecule has 2 N–H and O–H groups in total. The summed E-state index contributed by atoms with van der Waals surface area (Å²) in [5.74, 6) is 1.60. The number of rotatable bonds is 2. The Labute approximate surface area is 132 Å². The molecule has 1 aromatic heterocycles. The first-order valence-corrected chi connectivity index (χ1v) is 7.81. The van der Waals surface area contributed by atoms with E-state index < -0.39 is 0 Å². The highest BCUT2D eigenvalue weighted by atomic mass is 79.9. The molecule has 3 rings (SSSR count). The maximum Gasteiger partial charge on any atom is 0.161 e. The lowest BCUT2D eigenvalue weighted by atomic mass is 10.2. The topological polar surface area (TPSA) is 51.8 Å². The Hall–Kier alpha value is -0.650. The van der Waals surface area contributed by atoms with Crippen molar-refractivity contribution in [3.05, 3.63) is 37.9 Å². The predicted molar refractivity (Wildman–Crippen MR) is 84.3 cm³/mol. The number of nitrogens with two attached hydrogens (primary N) is 1. The van der Waals surface area contributed by atoms with Gasteiger partial charge in [0, 0.05) is 16.0 Å². The van der Waals surface area contributed by atoms with Crippen LogP contribution in [-0.4, -0.2) is 9.97 Å². The van der Waals surface area contributed by atoms with Gasteiger partial charge < -0.3 is 5.73 Å². The predicted octanol–water partition coefficient (Wildman–Crippen LogP) is 4.78. The van der Waals surface area contributed by atoms with Crippen molar-refractivity contribution in [3.8, 4) is 11.4 Å². The molecule has 1 aromatic carbocycles.